The molecule has 0 spiro atoms. The number of nitrogens with zero attached hydrogens (tertiary/aromatic N) is 1. The van der Waals surface area contributed by atoms with E-state index in [4.69, 9.17) is 16.9 Å². The molecule has 2 rings (SSSR count). The lowest BCUT2D eigenvalue weighted by molar-refractivity contribution is -0.112. The van der Waals surface area contributed by atoms with Gasteiger partial charge in [0.25, 0.3) is 5.91 Å². The highest BCUT2D eigenvalue weighted by Crippen LogP contribution is 2.23. The van der Waals surface area contributed by atoms with Crippen molar-refractivity contribution in [1.29, 1.82) is 5.26 Å². The first-order chi connectivity index (χ1) is 11.6. The van der Waals surface area contributed by atoms with E-state index in [1.165, 1.54) is 11.8 Å². The third kappa shape index (κ3) is 4.87. The van der Waals surface area contributed by atoms with Crippen LogP contribution in [0.2, 0.25) is 5.02 Å². The summed E-state index contributed by atoms with van der Waals surface area (Å²) in [4.78, 5) is 12.2. The molecule has 2 N–H and O–H groups in total. The summed E-state index contributed by atoms with van der Waals surface area (Å²) in [7, 11) is 0. The number of nitriles is 1. The molecule has 0 atom stereocenters. The monoisotopic (exact) mass is 339 g/mol. The Balaban J connectivity index is 1.93. The maximum atomic E-state index is 12.2. The van der Waals surface area contributed by atoms with Gasteiger partial charge in [0.05, 0.1) is 0 Å². The summed E-state index contributed by atoms with van der Waals surface area (Å²) in [6.07, 6.45) is 2.25. The van der Waals surface area contributed by atoms with E-state index in [-0.39, 0.29) is 5.57 Å². The van der Waals surface area contributed by atoms with E-state index in [1.807, 2.05) is 43.3 Å². The Labute approximate surface area is 146 Å². The van der Waals surface area contributed by atoms with Crippen molar-refractivity contribution >= 4 is 23.2 Å². The van der Waals surface area contributed by atoms with Gasteiger partial charge in [-0.1, -0.05) is 48.0 Å². The molecule has 2 aromatic rings. The molecular formula is C19H18ClN3O. The molecule has 5 heteroatoms. The van der Waals surface area contributed by atoms with E-state index in [0.29, 0.717) is 17.3 Å². The van der Waals surface area contributed by atoms with Gasteiger partial charge in [0.2, 0.25) is 0 Å². The average Bonchev–Trinajstić information content (AvgIpc) is 2.60. The normalized spacial score (nSPS) is 10.8. The number of nitrogens with one attached hydrogen (secondary N) is 2. The number of hydrogen-bond donors (Lipinski definition) is 2. The Morgan fingerprint density at radius 3 is 2.67 bits per heavy atom. The molecule has 0 aliphatic carbocycles. The number of halogens is 1. The number of hydrogen-bond acceptors (Lipinski definition) is 3. The molecule has 2 aromatic carbocycles. The van der Waals surface area contributed by atoms with Crippen LogP contribution in [-0.4, -0.2) is 12.5 Å². The lowest BCUT2D eigenvalue weighted by Crippen LogP contribution is -2.18. The Morgan fingerprint density at radius 1 is 1.21 bits per heavy atom. The second-order valence-corrected chi connectivity index (χ2v) is 5.63. The van der Waals surface area contributed by atoms with E-state index in [9.17, 15) is 4.79 Å². The van der Waals surface area contributed by atoms with E-state index < -0.39 is 5.91 Å². The van der Waals surface area contributed by atoms with Gasteiger partial charge in [-0.2, -0.15) is 5.26 Å². The van der Waals surface area contributed by atoms with Gasteiger partial charge in [0, 0.05) is 23.5 Å². The zero-order valence-corrected chi connectivity index (χ0v) is 14.1. The van der Waals surface area contributed by atoms with Crippen LogP contribution in [0.4, 0.5) is 5.69 Å². The fraction of sp³-hybridized carbons (Fsp3) is 0.158. The van der Waals surface area contributed by atoms with Crippen LogP contribution in [0.5, 0.6) is 0 Å². The maximum Gasteiger partial charge on any atom is 0.267 e. The molecule has 0 aromatic heterocycles. The van der Waals surface area contributed by atoms with Gasteiger partial charge in [0.15, 0.2) is 0 Å². The van der Waals surface area contributed by atoms with Crippen LogP contribution in [0.15, 0.2) is 60.3 Å². The highest BCUT2D eigenvalue weighted by molar-refractivity contribution is 6.31. The highest BCUT2D eigenvalue weighted by atomic mass is 35.5. The quantitative estimate of drug-likeness (QED) is 0.477. The standard InChI is InChI=1S/C19H18ClN3O/c1-14-17(20)8-5-9-18(14)23-19(24)16(12-21)13-22-11-10-15-6-3-2-4-7-15/h2-9,13,22H,10-11H2,1H3,(H,23,24)/b16-13-. The molecule has 0 bridgehead atoms. The summed E-state index contributed by atoms with van der Waals surface area (Å²) in [6, 6.07) is 17.1. The summed E-state index contributed by atoms with van der Waals surface area (Å²) >= 11 is 6.03. The van der Waals surface area contributed by atoms with Gasteiger partial charge in [-0.05, 0) is 36.6 Å². The molecule has 0 aliphatic heterocycles. The van der Waals surface area contributed by atoms with Crippen molar-refractivity contribution in [3.63, 3.8) is 0 Å². The zero-order chi connectivity index (χ0) is 17.4. The van der Waals surface area contributed by atoms with Crippen LogP contribution in [0.3, 0.4) is 0 Å². The fourth-order valence-corrected chi connectivity index (χ4v) is 2.29. The number of benzene rings is 2. The number of amides is 1. The van der Waals surface area contributed by atoms with Crippen molar-refractivity contribution in [3.05, 3.63) is 76.5 Å². The average molecular weight is 340 g/mol. The van der Waals surface area contributed by atoms with Gasteiger partial charge in [-0.25, -0.2) is 0 Å². The number of anilines is 1. The Morgan fingerprint density at radius 2 is 1.96 bits per heavy atom. The molecule has 0 radical (unpaired) electrons. The van der Waals surface area contributed by atoms with E-state index in [2.05, 4.69) is 10.6 Å². The van der Waals surface area contributed by atoms with E-state index in [0.717, 1.165) is 12.0 Å². The maximum absolute atomic E-state index is 12.2. The molecule has 24 heavy (non-hydrogen) atoms. The Bertz CT molecular complexity index is 779. The number of carbonyl (C=O) groups excluding carboxylic acids is 1. The van der Waals surface area contributed by atoms with Gasteiger partial charge >= 0.3 is 0 Å². The molecule has 4 nitrogen and oxygen atoms in total. The molecular weight excluding hydrogens is 322 g/mol. The molecule has 1 amide bonds. The minimum absolute atomic E-state index is 0.0161. The van der Waals surface area contributed by atoms with Crippen molar-refractivity contribution in [1.82, 2.24) is 5.32 Å². The van der Waals surface area contributed by atoms with Crippen LogP contribution in [-0.2, 0) is 11.2 Å². The number of carbonyl (C=O) groups is 1. The minimum Gasteiger partial charge on any atom is -0.389 e. The summed E-state index contributed by atoms with van der Waals surface area (Å²) in [5.41, 5.74) is 2.57. The third-order valence-electron chi connectivity index (χ3n) is 3.53. The Kier molecular flexibility index (Phi) is 6.41. The summed E-state index contributed by atoms with van der Waals surface area (Å²) in [5.74, 6) is -0.463. The lowest BCUT2D eigenvalue weighted by atomic mass is 10.1. The van der Waals surface area contributed by atoms with Gasteiger partial charge < -0.3 is 10.6 Å². The van der Waals surface area contributed by atoms with Crippen molar-refractivity contribution in [3.8, 4) is 6.07 Å². The van der Waals surface area contributed by atoms with E-state index >= 15 is 0 Å². The van der Waals surface area contributed by atoms with Gasteiger partial charge in [0.1, 0.15) is 11.6 Å². The smallest absolute Gasteiger partial charge is 0.267 e. The predicted octanol–water partition coefficient (Wildman–Crippen LogP) is 3.83. The SMILES string of the molecule is Cc1c(Cl)cccc1NC(=O)/C(C#N)=C\NCCc1ccccc1. The second-order valence-electron chi connectivity index (χ2n) is 5.23. The van der Waals surface area contributed by atoms with E-state index in [1.54, 1.807) is 18.2 Å². The molecule has 0 saturated heterocycles. The first-order valence-electron chi connectivity index (χ1n) is 7.56. The predicted molar refractivity (Wildman–Crippen MR) is 96.7 cm³/mol. The van der Waals surface area contributed by atoms with Crippen molar-refractivity contribution in [2.75, 3.05) is 11.9 Å². The topological polar surface area (TPSA) is 64.9 Å². The zero-order valence-electron chi connectivity index (χ0n) is 13.3. The molecule has 0 saturated carbocycles. The van der Waals surface area contributed by atoms with Gasteiger partial charge in [-0.3, -0.25) is 4.79 Å². The summed E-state index contributed by atoms with van der Waals surface area (Å²) in [5, 5.41) is 15.4. The highest BCUT2D eigenvalue weighted by Gasteiger charge is 2.11. The number of rotatable bonds is 6. The van der Waals surface area contributed by atoms with Crippen molar-refractivity contribution < 1.29 is 4.79 Å². The largest absolute Gasteiger partial charge is 0.389 e. The summed E-state index contributed by atoms with van der Waals surface area (Å²) < 4.78 is 0. The molecule has 0 aliphatic rings. The third-order valence-corrected chi connectivity index (χ3v) is 3.94. The van der Waals surface area contributed by atoms with Crippen LogP contribution < -0.4 is 10.6 Å². The second kappa shape index (κ2) is 8.76. The van der Waals surface area contributed by atoms with Crippen LogP contribution in [0, 0.1) is 18.3 Å². The fourth-order valence-electron chi connectivity index (χ4n) is 2.12. The van der Waals surface area contributed by atoms with Crippen LogP contribution >= 0.6 is 11.6 Å². The molecule has 0 heterocycles. The molecule has 0 fully saturated rings. The first-order valence-corrected chi connectivity index (χ1v) is 7.93. The Hall–Kier alpha value is -2.77. The van der Waals surface area contributed by atoms with Crippen molar-refractivity contribution in [2.45, 2.75) is 13.3 Å². The van der Waals surface area contributed by atoms with Crippen molar-refractivity contribution in [2.24, 2.45) is 0 Å². The lowest BCUT2D eigenvalue weighted by Gasteiger charge is -2.09. The molecule has 122 valence electrons. The molecule has 0 unspecified atom stereocenters. The van der Waals surface area contributed by atoms with Crippen LogP contribution in [0.25, 0.3) is 0 Å². The summed E-state index contributed by atoms with van der Waals surface area (Å²) in [6.45, 7) is 2.45. The van der Waals surface area contributed by atoms with Gasteiger partial charge in [-0.15, -0.1) is 0 Å². The minimum atomic E-state index is -0.463. The first kappa shape index (κ1) is 17.6. The van der Waals surface area contributed by atoms with Crippen LogP contribution in [0.1, 0.15) is 11.1 Å².